The third kappa shape index (κ3) is 4.68. The van der Waals surface area contributed by atoms with E-state index in [9.17, 15) is 4.79 Å². The van der Waals surface area contributed by atoms with Crippen LogP contribution in [0.4, 0.5) is 0 Å². The molecule has 1 saturated heterocycles. The molecule has 1 amide bonds. The van der Waals surface area contributed by atoms with Crippen LogP contribution in [-0.4, -0.2) is 39.9 Å². The Bertz CT molecular complexity index is 904. The molecule has 1 fully saturated rings. The van der Waals surface area contributed by atoms with Crippen LogP contribution in [0.2, 0.25) is 0 Å². The molecule has 1 N–H and O–H groups in total. The zero-order valence-electron chi connectivity index (χ0n) is 15.3. The average molecular weight is 360 g/mol. The molecule has 0 unspecified atom stereocenters. The van der Waals surface area contributed by atoms with Crippen LogP contribution in [0.1, 0.15) is 24.0 Å². The Labute approximate surface area is 159 Å². The van der Waals surface area contributed by atoms with Gasteiger partial charge < -0.3 is 5.32 Å². The number of carbonyl (C=O) groups is 1. The van der Waals surface area contributed by atoms with E-state index in [0.29, 0.717) is 6.42 Å². The number of piperidine rings is 1. The van der Waals surface area contributed by atoms with E-state index in [1.807, 2.05) is 36.7 Å². The number of pyridine rings is 2. The molecule has 3 heterocycles. The third-order valence-corrected chi connectivity index (χ3v) is 5.12. The molecular weight excluding hydrogens is 336 g/mol. The van der Waals surface area contributed by atoms with Crippen LogP contribution in [0.25, 0.3) is 10.9 Å². The van der Waals surface area contributed by atoms with Crippen molar-refractivity contribution in [2.24, 2.45) is 0 Å². The van der Waals surface area contributed by atoms with Crippen molar-refractivity contribution in [2.75, 3.05) is 13.1 Å². The molecule has 0 aliphatic carbocycles. The molecule has 0 bridgehead atoms. The van der Waals surface area contributed by atoms with Crippen molar-refractivity contribution in [3.63, 3.8) is 0 Å². The van der Waals surface area contributed by atoms with Gasteiger partial charge in [0.05, 0.1) is 11.9 Å². The van der Waals surface area contributed by atoms with E-state index >= 15 is 0 Å². The lowest BCUT2D eigenvalue weighted by Gasteiger charge is -2.32. The van der Waals surface area contributed by atoms with Crippen molar-refractivity contribution in [1.82, 2.24) is 20.2 Å². The standard InChI is InChI=1S/C22H24N4O/c27-22(14-18-13-19-3-1-2-4-21(19)24-15-18)25-20-7-11-26(12-8-20)16-17-5-9-23-10-6-17/h1-6,9-10,13,15,20H,7-8,11-12,14,16H2,(H,25,27). The second-order valence-electron chi connectivity index (χ2n) is 7.19. The monoisotopic (exact) mass is 360 g/mol. The number of nitrogens with zero attached hydrogens (tertiary/aromatic N) is 3. The lowest BCUT2D eigenvalue weighted by atomic mass is 10.0. The van der Waals surface area contributed by atoms with E-state index in [1.54, 1.807) is 6.20 Å². The molecule has 0 spiro atoms. The van der Waals surface area contributed by atoms with Gasteiger partial charge in [-0.3, -0.25) is 19.7 Å². The topological polar surface area (TPSA) is 58.1 Å². The summed E-state index contributed by atoms with van der Waals surface area (Å²) in [6, 6.07) is 14.4. The zero-order valence-corrected chi connectivity index (χ0v) is 15.3. The molecule has 1 aliphatic heterocycles. The molecule has 3 aromatic rings. The molecule has 138 valence electrons. The summed E-state index contributed by atoms with van der Waals surface area (Å²) in [5, 5.41) is 4.27. The summed E-state index contributed by atoms with van der Waals surface area (Å²) in [7, 11) is 0. The largest absolute Gasteiger partial charge is 0.353 e. The smallest absolute Gasteiger partial charge is 0.224 e. The fourth-order valence-corrected chi connectivity index (χ4v) is 3.66. The predicted octanol–water partition coefficient (Wildman–Crippen LogP) is 2.95. The van der Waals surface area contributed by atoms with E-state index in [1.165, 1.54) is 5.56 Å². The highest BCUT2D eigenvalue weighted by atomic mass is 16.1. The quantitative estimate of drug-likeness (QED) is 0.760. The van der Waals surface area contributed by atoms with Gasteiger partial charge in [0.15, 0.2) is 0 Å². The minimum Gasteiger partial charge on any atom is -0.353 e. The fourth-order valence-electron chi connectivity index (χ4n) is 3.66. The van der Waals surface area contributed by atoms with Crippen molar-refractivity contribution in [1.29, 1.82) is 0 Å². The van der Waals surface area contributed by atoms with Crippen molar-refractivity contribution in [2.45, 2.75) is 31.8 Å². The minimum absolute atomic E-state index is 0.0830. The molecule has 5 heteroatoms. The van der Waals surface area contributed by atoms with E-state index in [2.05, 4.69) is 38.4 Å². The first-order chi connectivity index (χ1) is 13.3. The Kier molecular flexibility index (Phi) is 5.39. The number of nitrogens with one attached hydrogen (secondary N) is 1. The number of hydrogen-bond donors (Lipinski definition) is 1. The maximum absolute atomic E-state index is 12.4. The number of benzene rings is 1. The predicted molar refractivity (Wildman–Crippen MR) is 106 cm³/mol. The van der Waals surface area contributed by atoms with Crippen LogP contribution >= 0.6 is 0 Å². The van der Waals surface area contributed by atoms with E-state index in [4.69, 9.17) is 0 Å². The van der Waals surface area contributed by atoms with Gasteiger partial charge >= 0.3 is 0 Å². The van der Waals surface area contributed by atoms with E-state index in [0.717, 1.165) is 48.9 Å². The number of amides is 1. The second-order valence-corrected chi connectivity index (χ2v) is 7.19. The van der Waals surface area contributed by atoms with Crippen molar-refractivity contribution < 1.29 is 4.79 Å². The maximum atomic E-state index is 12.4. The molecule has 0 saturated carbocycles. The van der Waals surface area contributed by atoms with Gasteiger partial charge in [-0.15, -0.1) is 0 Å². The number of fused-ring (bicyclic) bond motifs is 1. The maximum Gasteiger partial charge on any atom is 0.224 e. The SMILES string of the molecule is O=C(Cc1cnc2ccccc2c1)NC1CCN(Cc2ccncc2)CC1. The van der Waals surface area contributed by atoms with Crippen LogP contribution in [-0.2, 0) is 17.8 Å². The van der Waals surface area contributed by atoms with Gasteiger partial charge in [0.2, 0.25) is 5.91 Å². The van der Waals surface area contributed by atoms with Gasteiger partial charge in [-0.2, -0.15) is 0 Å². The Morgan fingerprint density at radius 2 is 1.85 bits per heavy atom. The minimum atomic E-state index is 0.0830. The molecule has 0 radical (unpaired) electrons. The zero-order chi connectivity index (χ0) is 18.5. The first-order valence-corrected chi connectivity index (χ1v) is 9.50. The summed E-state index contributed by atoms with van der Waals surface area (Å²) >= 11 is 0. The van der Waals surface area contributed by atoms with Gasteiger partial charge in [0.25, 0.3) is 0 Å². The lowest BCUT2D eigenvalue weighted by Crippen LogP contribution is -2.44. The summed E-state index contributed by atoms with van der Waals surface area (Å²) in [5.41, 5.74) is 3.21. The average Bonchev–Trinajstić information content (AvgIpc) is 2.70. The highest BCUT2D eigenvalue weighted by Crippen LogP contribution is 2.15. The summed E-state index contributed by atoms with van der Waals surface area (Å²) < 4.78 is 0. The van der Waals surface area contributed by atoms with Crippen LogP contribution in [0.3, 0.4) is 0 Å². The molecule has 5 nitrogen and oxygen atoms in total. The number of para-hydroxylation sites is 1. The molecule has 2 aromatic heterocycles. The summed E-state index contributed by atoms with van der Waals surface area (Å²) in [5.74, 6) is 0.0830. The van der Waals surface area contributed by atoms with Gasteiger partial charge in [-0.25, -0.2) is 0 Å². The number of likely N-dealkylation sites (tertiary alicyclic amines) is 1. The molecule has 27 heavy (non-hydrogen) atoms. The number of hydrogen-bond acceptors (Lipinski definition) is 4. The molecule has 0 atom stereocenters. The number of rotatable bonds is 5. The Balaban J connectivity index is 1.26. The highest BCUT2D eigenvalue weighted by molar-refractivity contribution is 5.82. The first-order valence-electron chi connectivity index (χ1n) is 9.50. The van der Waals surface area contributed by atoms with Gasteiger partial charge in [-0.05, 0) is 48.2 Å². The Hall–Kier alpha value is -2.79. The lowest BCUT2D eigenvalue weighted by molar-refractivity contribution is -0.121. The van der Waals surface area contributed by atoms with Crippen molar-refractivity contribution >= 4 is 16.8 Å². The first kappa shape index (κ1) is 17.6. The van der Waals surface area contributed by atoms with Crippen LogP contribution in [0.5, 0.6) is 0 Å². The highest BCUT2D eigenvalue weighted by Gasteiger charge is 2.20. The van der Waals surface area contributed by atoms with Crippen LogP contribution < -0.4 is 5.32 Å². The second kappa shape index (κ2) is 8.27. The summed E-state index contributed by atoms with van der Waals surface area (Å²) in [6.07, 6.45) is 7.85. The van der Waals surface area contributed by atoms with E-state index < -0.39 is 0 Å². The fraction of sp³-hybridized carbons (Fsp3) is 0.318. The van der Waals surface area contributed by atoms with Crippen molar-refractivity contribution in [3.05, 3.63) is 72.2 Å². The van der Waals surface area contributed by atoms with E-state index in [-0.39, 0.29) is 11.9 Å². The number of carbonyl (C=O) groups excluding carboxylic acids is 1. The van der Waals surface area contributed by atoms with Gasteiger partial charge in [-0.1, -0.05) is 18.2 Å². The number of aromatic nitrogens is 2. The summed E-state index contributed by atoms with van der Waals surface area (Å²) in [6.45, 7) is 2.96. The molecule has 4 rings (SSSR count). The molecule has 1 aromatic carbocycles. The van der Waals surface area contributed by atoms with Gasteiger partial charge in [0, 0.05) is 49.7 Å². The summed E-state index contributed by atoms with van der Waals surface area (Å²) in [4.78, 5) is 23.4. The Morgan fingerprint density at radius 3 is 2.67 bits per heavy atom. The van der Waals surface area contributed by atoms with Crippen molar-refractivity contribution in [3.8, 4) is 0 Å². The molecule has 1 aliphatic rings. The van der Waals surface area contributed by atoms with Crippen LogP contribution in [0.15, 0.2) is 61.1 Å². The van der Waals surface area contributed by atoms with Crippen LogP contribution in [0, 0.1) is 0 Å². The third-order valence-electron chi connectivity index (χ3n) is 5.12. The van der Waals surface area contributed by atoms with Gasteiger partial charge in [0.1, 0.15) is 0 Å². The normalized spacial score (nSPS) is 15.7. The molecular formula is C22H24N4O. The Morgan fingerprint density at radius 1 is 1.07 bits per heavy atom.